The van der Waals surface area contributed by atoms with Gasteiger partial charge in [0.25, 0.3) is 0 Å². The zero-order chi connectivity index (χ0) is 10.6. The average molecular weight is 227 g/mol. The summed E-state index contributed by atoms with van der Waals surface area (Å²) in [4.78, 5) is 0. The molecule has 0 saturated carbocycles. The van der Waals surface area contributed by atoms with Gasteiger partial charge in [0.1, 0.15) is 6.26 Å². The van der Waals surface area contributed by atoms with E-state index in [1.165, 1.54) is 24.0 Å². The maximum atomic E-state index is 4.22. The third kappa shape index (κ3) is 6.89. The predicted octanol–water partition coefficient (Wildman–Crippen LogP) is 0.0723. The Hall–Kier alpha value is -2.23. The zero-order valence-electron chi connectivity index (χ0n) is 7.24. The topological polar surface area (TPSA) is 117 Å². The summed E-state index contributed by atoms with van der Waals surface area (Å²) in [5.74, 6) is 0. The number of nitrogens with zero attached hydrogens (tertiary/aromatic N) is 7. The van der Waals surface area contributed by atoms with Crippen molar-refractivity contribution in [2.45, 2.75) is 0 Å². The molecule has 10 heteroatoms. The first-order chi connectivity index (χ1) is 7.50. The third-order valence-corrected chi connectivity index (χ3v) is 1.23. The van der Waals surface area contributed by atoms with Gasteiger partial charge in [-0.15, -0.1) is 10.2 Å². The highest BCUT2D eigenvalue weighted by atomic mass is 32.1. The molecule has 0 saturated heterocycles. The van der Waals surface area contributed by atoms with Crippen LogP contribution in [0.1, 0.15) is 0 Å². The fourth-order valence-corrected chi connectivity index (χ4v) is 0.650. The van der Waals surface area contributed by atoms with Crippen molar-refractivity contribution in [3.8, 4) is 0 Å². The lowest BCUT2D eigenvalue weighted by Crippen LogP contribution is -1.61. The summed E-state index contributed by atoms with van der Waals surface area (Å²) >= 11 is 1.35. The van der Waals surface area contributed by atoms with E-state index >= 15 is 0 Å². The molecule has 0 aromatic carbocycles. The molecule has 15 heavy (non-hydrogen) atoms. The Bertz CT molecular complexity index is 257. The van der Waals surface area contributed by atoms with E-state index in [4.69, 9.17) is 0 Å². The van der Waals surface area contributed by atoms with Crippen molar-refractivity contribution in [3.63, 3.8) is 0 Å². The fraction of sp³-hybridized carbons (Fsp3) is 0. The number of rotatable bonds is 0. The van der Waals surface area contributed by atoms with Crippen molar-refractivity contribution >= 4 is 11.5 Å². The highest BCUT2D eigenvalue weighted by Crippen LogP contribution is 1.78. The Morgan fingerprint density at radius 3 is 2.13 bits per heavy atom. The van der Waals surface area contributed by atoms with Gasteiger partial charge in [-0.1, -0.05) is 9.59 Å². The molecule has 0 bridgehead atoms. The molecule has 0 aliphatic heterocycles. The van der Waals surface area contributed by atoms with E-state index < -0.39 is 0 Å². The SMILES string of the molecule is c1conn1.c1csnn1.c1nnno1. The lowest BCUT2D eigenvalue weighted by Gasteiger charge is -1.45. The highest BCUT2D eigenvalue weighted by molar-refractivity contribution is 7.03. The first-order valence-corrected chi connectivity index (χ1v) is 4.33. The van der Waals surface area contributed by atoms with Gasteiger partial charge >= 0.3 is 0 Å². The molecule has 3 aromatic rings. The maximum Gasteiger partial charge on any atom is 0.235 e. The van der Waals surface area contributed by atoms with Gasteiger partial charge in [0, 0.05) is 10.7 Å². The molecule has 3 heterocycles. The molecule has 0 aliphatic rings. The molecule has 0 atom stereocenters. The molecule has 0 aliphatic carbocycles. The summed E-state index contributed by atoms with van der Waals surface area (Å²) in [5, 5.41) is 20.9. The lowest BCUT2D eigenvalue weighted by molar-refractivity contribution is 0.392. The summed E-state index contributed by atoms with van der Waals surface area (Å²) in [6.07, 6.45) is 5.69. The lowest BCUT2D eigenvalue weighted by atomic mass is 11.0. The monoisotopic (exact) mass is 227 g/mol. The zero-order valence-corrected chi connectivity index (χ0v) is 8.06. The van der Waals surface area contributed by atoms with Gasteiger partial charge in [0.05, 0.1) is 17.7 Å². The van der Waals surface area contributed by atoms with E-state index in [2.05, 4.69) is 44.6 Å². The first-order valence-electron chi connectivity index (χ1n) is 3.50. The van der Waals surface area contributed by atoms with Crippen LogP contribution in [0.3, 0.4) is 0 Å². The van der Waals surface area contributed by atoms with Crippen LogP contribution in [0.15, 0.2) is 39.5 Å². The second kappa shape index (κ2) is 8.37. The Morgan fingerprint density at radius 2 is 1.93 bits per heavy atom. The minimum atomic E-state index is 1.15. The van der Waals surface area contributed by atoms with Crippen LogP contribution < -0.4 is 0 Å². The largest absolute Gasteiger partial charge is 0.346 e. The summed E-state index contributed by atoms with van der Waals surface area (Å²) in [7, 11) is 0. The standard InChI is InChI=1S/C2H2N2O.C2H2N2S.CHN3O/c2*1-2-5-4-3-1;1-2-3-4-5-1/h2*1-2H;1H. The van der Waals surface area contributed by atoms with Crippen LogP contribution in [0.25, 0.3) is 0 Å². The van der Waals surface area contributed by atoms with Gasteiger partial charge < -0.3 is 9.05 Å². The summed E-state index contributed by atoms with van der Waals surface area (Å²) in [6, 6.07) is 0. The van der Waals surface area contributed by atoms with E-state index in [-0.39, 0.29) is 0 Å². The minimum absolute atomic E-state index is 1.15. The predicted molar refractivity (Wildman–Crippen MR) is 46.3 cm³/mol. The van der Waals surface area contributed by atoms with Gasteiger partial charge in [-0.25, -0.2) is 0 Å². The Balaban J connectivity index is 0.000000112. The third-order valence-electron chi connectivity index (χ3n) is 0.795. The summed E-state index contributed by atoms with van der Waals surface area (Å²) < 4.78 is 11.8. The van der Waals surface area contributed by atoms with Crippen LogP contribution in [0.2, 0.25) is 0 Å². The van der Waals surface area contributed by atoms with Crippen molar-refractivity contribution in [1.82, 2.24) is 35.5 Å². The van der Waals surface area contributed by atoms with E-state index in [0.29, 0.717) is 0 Å². The molecular weight excluding hydrogens is 222 g/mol. The highest BCUT2D eigenvalue weighted by Gasteiger charge is 1.63. The van der Waals surface area contributed by atoms with Crippen LogP contribution in [0, 0.1) is 0 Å². The normalized spacial score (nSPS) is 8.00. The molecule has 3 aromatic heterocycles. The van der Waals surface area contributed by atoms with Crippen LogP contribution >= 0.6 is 11.5 Å². The molecule has 0 fully saturated rings. The molecule has 0 N–H and O–H groups in total. The average Bonchev–Trinajstić information content (AvgIpc) is 3.09. The van der Waals surface area contributed by atoms with Crippen molar-refractivity contribution in [2.24, 2.45) is 0 Å². The summed E-state index contributed by atoms with van der Waals surface area (Å²) in [6.45, 7) is 0. The van der Waals surface area contributed by atoms with E-state index in [9.17, 15) is 0 Å². The molecule has 0 spiro atoms. The van der Waals surface area contributed by atoms with E-state index in [0.717, 1.165) is 6.39 Å². The van der Waals surface area contributed by atoms with Gasteiger partial charge in [-0.05, 0) is 16.7 Å². The van der Waals surface area contributed by atoms with Crippen molar-refractivity contribution in [3.05, 3.63) is 30.4 Å². The van der Waals surface area contributed by atoms with Gasteiger partial charge in [-0.2, -0.15) is 0 Å². The van der Waals surface area contributed by atoms with Crippen LogP contribution in [0.5, 0.6) is 0 Å². The van der Waals surface area contributed by atoms with E-state index in [1.54, 1.807) is 6.20 Å². The summed E-state index contributed by atoms with van der Waals surface area (Å²) in [5.41, 5.74) is 0. The number of aromatic nitrogens is 7. The second-order valence-electron chi connectivity index (χ2n) is 1.67. The van der Waals surface area contributed by atoms with Crippen molar-refractivity contribution in [2.75, 3.05) is 0 Å². The van der Waals surface area contributed by atoms with Crippen molar-refractivity contribution < 1.29 is 9.05 Å². The maximum absolute atomic E-state index is 4.22. The van der Waals surface area contributed by atoms with Crippen LogP contribution in [0.4, 0.5) is 0 Å². The molecule has 9 nitrogen and oxygen atoms in total. The Labute approximate surface area is 87.2 Å². The first kappa shape index (κ1) is 10.8. The van der Waals surface area contributed by atoms with Crippen molar-refractivity contribution in [1.29, 1.82) is 0 Å². The molecule has 3 rings (SSSR count). The van der Waals surface area contributed by atoms with Crippen LogP contribution in [-0.2, 0) is 0 Å². The number of hydrogen-bond acceptors (Lipinski definition) is 10. The Kier molecular flexibility index (Phi) is 6.05. The van der Waals surface area contributed by atoms with E-state index in [1.807, 2.05) is 5.38 Å². The fourth-order valence-electron chi connectivity index (χ4n) is 0.378. The van der Waals surface area contributed by atoms with Gasteiger partial charge in [0.15, 0.2) is 0 Å². The molecule has 78 valence electrons. The van der Waals surface area contributed by atoms with Gasteiger partial charge in [0.2, 0.25) is 6.39 Å². The molecule has 0 amide bonds. The molecule has 0 unspecified atom stereocenters. The Morgan fingerprint density at radius 1 is 0.933 bits per heavy atom. The molecular formula is C5H5N7O2S. The number of hydrogen-bond donors (Lipinski definition) is 0. The van der Waals surface area contributed by atoms with Crippen LogP contribution in [-0.4, -0.2) is 35.5 Å². The smallest absolute Gasteiger partial charge is 0.235 e. The molecule has 0 radical (unpaired) electrons. The quantitative estimate of drug-likeness (QED) is 0.525. The van der Waals surface area contributed by atoms with Gasteiger partial charge in [-0.3, -0.25) is 0 Å². The second-order valence-corrected chi connectivity index (χ2v) is 2.32. The minimum Gasteiger partial charge on any atom is -0.346 e.